The molecule has 0 fully saturated rings. The minimum Gasteiger partial charge on any atom is -0.505 e. The molecule has 0 saturated carbocycles. The van der Waals surface area contributed by atoms with Gasteiger partial charge in [0.25, 0.3) is 15.9 Å². The maximum atomic E-state index is 12.3. The van der Waals surface area contributed by atoms with Crippen molar-refractivity contribution in [3.63, 3.8) is 0 Å². The van der Waals surface area contributed by atoms with E-state index in [4.69, 9.17) is 5.73 Å². The van der Waals surface area contributed by atoms with Crippen molar-refractivity contribution in [3.05, 3.63) is 47.7 Å². The maximum Gasteiger partial charge on any atom is 0.269 e. The van der Waals surface area contributed by atoms with Gasteiger partial charge in [-0.3, -0.25) is 9.52 Å². The van der Waals surface area contributed by atoms with E-state index in [1.807, 2.05) is 4.72 Å². The molecule has 7 heteroatoms. The van der Waals surface area contributed by atoms with Crippen LogP contribution in [0.15, 0.2) is 47.0 Å². The summed E-state index contributed by atoms with van der Waals surface area (Å²) in [6, 6.07) is 9.99. The molecule has 0 bridgehead atoms. The zero-order chi connectivity index (χ0) is 14.5. The number of nitrogens with two attached hydrogens (primary N) is 1. The first kappa shape index (κ1) is 12.5. The van der Waals surface area contributed by atoms with Crippen molar-refractivity contribution in [2.75, 3.05) is 0 Å². The zero-order valence-corrected chi connectivity index (χ0v) is 10.9. The van der Waals surface area contributed by atoms with Gasteiger partial charge in [0.15, 0.2) is 11.5 Å². The summed E-state index contributed by atoms with van der Waals surface area (Å²) in [5.74, 6) is -1.50. The SMILES string of the molecule is NC(=O)C1=C(O)c2ccc3ccccc3c2S(=O)(=O)N1. The number of primary amides is 1. The molecule has 1 aliphatic heterocycles. The summed E-state index contributed by atoms with van der Waals surface area (Å²) in [4.78, 5) is 11.1. The lowest BCUT2D eigenvalue weighted by atomic mass is 10.0. The van der Waals surface area contributed by atoms with Gasteiger partial charge in [0.1, 0.15) is 4.90 Å². The Hall–Kier alpha value is -2.54. The fraction of sp³-hybridized carbons (Fsp3) is 0. The lowest BCUT2D eigenvalue weighted by molar-refractivity contribution is -0.114. The third-order valence-electron chi connectivity index (χ3n) is 3.12. The smallest absolute Gasteiger partial charge is 0.269 e. The topological polar surface area (TPSA) is 109 Å². The Morgan fingerprint density at radius 2 is 1.85 bits per heavy atom. The van der Waals surface area contributed by atoms with Crippen LogP contribution in [0.4, 0.5) is 0 Å². The van der Waals surface area contributed by atoms with Crippen LogP contribution in [0.5, 0.6) is 0 Å². The fourth-order valence-corrected chi connectivity index (χ4v) is 3.75. The number of benzene rings is 2. The standard InChI is InChI=1S/C13H10N2O4S/c14-13(17)10-11(16)9-6-5-7-3-1-2-4-8(7)12(9)20(18,19)15-10/h1-6,15-16H,(H2,14,17). The number of sulfonamides is 1. The number of nitrogens with one attached hydrogen (secondary N) is 1. The molecule has 1 heterocycles. The lowest BCUT2D eigenvalue weighted by Gasteiger charge is -2.21. The van der Waals surface area contributed by atoms with E-state index in [1.54, 1.807) is 30.3 Å². The number of rotatable bonds is 1. The van der Waals surface area contributed by atoms with Crippen LogP contribution in [-0.2, 0) is 14.8 Å². The molecule has 2 aromatic carbocycles. The first-order chi connectivity index (χ1) is 9.42. The third-order valence-corrected chi connectivity index (χ3v) is 4.57. The molecule has 1 aliphatic rings. The van der Waals surface area contributed by atoms with E-state index < -0.39 is 27.4 Å². The van der Waals surface area contributed by atoms with E-state index in [-0.39, 0.29) is 10.5 Å². The highest BCUT2D eigenvalue weighted by atomic mass is 32.2. The van der Waals surface area contributed by atoms with Gasteiger partial charge >= 0.3 is 0 Å². The molecular formula is C13H10N2O4S. The van der Waals surface area contributed by atoms with Crippen molar-refractivity contribution < 1.29 is 18.3 Å². The van der Waals surface area contributed by atoms with Crippen LogP contribution in [-0.4, -0.2) is 19.4 Å². The van der Waals surface area contributed by atoms with Gasteiger partial charge in [0.05, 0.1) is 0 Å². The fourth-order valence-electron chi connectivity index (χ4n) is 2.25. The van der Waals surface area contributed by atoms with Gasteiger partial charge < -0.3 is 10.8 Å². The predicted molar refractivity (Wildman–Crippen MR) is 73.0 cm³/mol. The van der Waals surface area contributed by atoms with Gasteiger partial charge in [-0.25, -0.2) is 8.42 Å². The van der Waals surface area contributed by atoms with Crippen molar-refractivity contribution in [2.45, 2.75) is 4.90 Å². The van der Waals surface area contributed by atoms with Gasteiger partial charge in [-0.15, -0.1) is 0 Å². The highest BCUT2D eigenvalue weighted by Gasteiger charge is 2.33. The second kappa shape index (κ2) is 3.97. The van der Waals surface area contributed by atoms with Crippen molar-refractivity contribution in [2.24, 2.45) is 5.73 Å². The molecule has 0 aromatic heterocycles. The van der Waals surface area contributed by atoms with Crippen LogP contribution < -0.4 is 10.5 Å². The Kier molecular flexibility index (Phi) is 2.48. The highest BCUT2D eigenvalue weighted by molar-refractivity contribution is 7.90. The number of carbonyl (C=O) groups is 1. The predicted octanol–water partition coefficient (Wildman–Crippen LogP) is 0.844. The summed E-state index contributed by atoms with van der Waals surface area (Å²) in [5, 5.41) is 11.2. The number of aliphatic hydroxyl groups is 1. The highest BCUT2D eigenvalue weighted by Crippen LogP contribution is 2.34. The molecule has 20 heavy (non-hydrogen) atoms. The number of aliphatic hydroxyl groups excluding tert-OH is 1. The molecule has 0 aliphatic carbocycles. The molecular weight excluding hydrogens is 280 g/mol. The van der Waals surface area contributed by atoms with E-state index in [9.17, 15) is 18.3 Å². The third kappa shape index (κ3) is 1.64. The van der Waals surface area contributed by atoms with Crippen molar-refractivity contribution in [1.82, 2.24) is 4.72 Å². The Morgan fingerprint density at radius 1 is 1.15 bits per heavy atom. The molecule has 0 spiro atoms. The van der Waals surface area contributed by atoms with E-state index >= 15 is 0 Å². The first-order valence-corrected chi connectivity index (χ1v) is 7.18. The summed E-state index contributed by atoms with van der Waals surface area (Å²) >= 11 is 0. The number of carbonyl (C=O) groups excluding carboxylic acids is 1. The molecule has 1 amide bonds. The summed E-state index contributed by atoms with van der Waals surface area (Å²) < 4.78 is 26.6. The van der Waals surface area contributed by atoms with Crippen LogP contribution in [0, 0.1) is 0 Å². The monoisotopic (exact) mass is 290 g/mol. The van der Waals surface area contributed by atoms with E-state index in [0.29, 0.717) is 10.8 Å². The van der Waals surface area contributed by atoms with Crippen LogP contribution in [0.3, 0.4) is 0 Å². The van der Waals surface area contributed by atoms with Crippen LogP contribution in [0.2, 0.25) is 0 Å². The minimum atomic E-state index is -3.96. The minimum absolute atomic E-state index is 0.0573. The molecule has 6 nitrogen and oxygen atoms in total. The normalized spacial score (nSPS) is 16.6. The molecule has 0 radical (unpaired) electrons. The van der Waals surface area contributed by atoms with Crippen molar-refractivity contribution in [3.8, 4) is 0 Å². The van der Waals surface area contributed by atoms with Gasteiger partial charge in [-0.05, 0) is 11.5 Å². The van der Waals surface area contributed by atoms with Gasteiger partial charge in [-0.1, -0.05) is 30.3 Å². The van der Waals surface area contributed by atoms with Crippen molar-refractivity contribution >= 4 is 32.5 Å². The Bertz CT molecular complexity index is 884. The molecule has 0 unspecified atom stereocenters. The van der Waals surface area contributed by atoms with E-state index in [0.717, 1.165) is 0 Å². The van der Waals surface area contributed by atoms with E-state index in [1.165, 1.54) is 6.07 Å². The Labute approximate surface area is 114 Å². The molecule has 102 valence electrons. The molecule has 0 atom stereocenters. The number of fused-ring (bicyclic) bond motifs is 3. The molecule has 4 N–H and O–H groups in total. The van der Waals surface area contributed by atoms with Gasteiger partial charge in [-0.2, -0.15) is 0 Å². The Balaban J connectivity index is 2.49. The second-order valence-electron chi connectivity index (χ2n) is 4.36. The number of hydrogen-bond acceptors (Lipinski definition) is 4. The van der Waals surface area contributed by atoms with Gasteiger partial charge in [0, 0.05) is 10.9 Å². The molecule has 3 rings (SSSR count). The zero-order valence-electron chi connectivity index (χ0n) is 10.1. The first-order valence-electron chi connectivity index (χ1n) is 5.70. The summed E-state index contributed by atoms with van der Waals surface area (Å²) in [7, 11) is -3.96. The average molecular weight is 290 g/mol. The van der Waals surface area contributed by atoms with Crippen LogP contribution >= 0.6 is 0 Å². The average Bonchev–Trinajstić information content (AvgIpc) is 2.41. The van der Waals surface area contributed by atoms with Crippen LogP contribution in [0.25, 0.3) is 16.5 Å². The van der Waals surface area contributed by atoms with Crippen molar-refractivity contribution in [1.29, 1.82) is 0 Å². The van der Waals surface area contributed by atoms with E-state index in [2.05, 4.69) is 0 Å². The maximum absolute atomic E-state index is 12.3. The summed E-state index contributed by atoms with van der Waals surface area (Å²) in [6.07, 6.45) is 0. The Morgan fingerprint density at radius 3 is 2.55 bits per heavy atom. The van der Waals surface area contributed by atoms with Gasteiger partial charge in [0.2, 0.25) is 0 Å². The summed E-state index contributed by atoms with van der Waals surface area (Å²) in [5.41, 5.74) is 4.61. The largest absolute Gasteiger partial charge is 0.505 e. The number of hydrogen-bond donors (Lipinski definition) is 3. The lowest BCUT2D eigenvalue weighted by Crippen LogP contribution is -2.36. The number of amides is 1. The quantitative estimate of drug-likeness (QED) is 0.723. The van der Waals surface area contributed by atoms with Crippen LogP contribution in [0.1, 0.15) is 5.56 Å². The molecule has 2 aromatic rings. The molecule has 0 saturated heterocycles. The second-order valence-corrected chi connectivity index (χ2v) is 5.98. The summed E-state index contributed by atoms with van der Waals surface area (Å²) in [6.45, 7) is 0.